The zero-order chi connectivity index (χ0) is 15.2. The average molecular weight is 305 g/mol. The van der Waals surface area contributed by atoms with E-state index in [1.807, 2.05) is 36.4 Å². The first-order chi connectivity index (χ1) is 10.1. The summed E-state index contributed by atoms with van der Waals surface area (Å²) in [7, 11) is 1.49. The van der Waals surface area contributed by atoms with E-state index in [1.54, 1.807) is 6.07 Å². The molecule has 0 aliphatic carbocycles. The predicted molar refractivity (Wildman–Crippen MR) is 83.4 cm³/mol. The number of ether oxygens (including phenoxy) is 1. The van der Waals surface area contributed by atoms with E-state index in [1.165, 1.54) is 12.7 Å². The molecule has 0 bridgehead atoms. The number of carboxylic acid groups (broad SMARTS) is 1. The minimum atomic E-state index is -0.950. The molecule has 0 saturated heterocycles. The molecule has 1 N–H and O–H groups in total. The van der Waals surface area contributed by atoms with Crippen LogP contribution in [0.3, 0.4) is 0 Å². The molecule has 0 fully saturated rings. The lowest BCUT2D eigenvalue weighted by Gasteiger charge is -2.10. The summed E-state index contributed by atoms with van der Waals surface area (Å²) in [5.41, 5.74) is 2.26. The number of carbonyl (C=O) groups is 1. The van der Waals surface area contributed by atoms with Crippen molar-refractivity contribution in [3.05, 3.63) is 64.2 Å². The summed E-state index contributed by atoms with van der Waals surface area (Å²) in [6.45, 7) is 0. The van der Waals surface area contributed by atoms with Gasteiger partial charge in [-0.05, 0) is 48.6 Å². The van der Waals surface area contributed by atoms with Gasteiger partial charge in [-0.25, -0.2) is 4.79 Å². The summed E-state index contributed by atoms with van der Waals surface area (Å²) in [6.07, 6.45) is 2.45. The monoisotopic (exact) mass is 304 g/mol. The highest BCUT2D eigenvalue weighted by Gasteiger charge is 2.15. The molecular formula is C17H17ClO3. The van der Waals surface area contributed by atoms with Gasteiger partial charge in [0, 0.05) is 5.02 Å². The van der Waals surface area contributed by atoms with E-state index in [0.29, 0.717) is 12.2 Å². The first kappa shape index (κ1) is 15.4. The Kier molecular flexibility index (Phi) is 5.23. The van der Waals surface area contributed by atoms with Gasteiger partial charge in [-0.2, -0.15) is 0 Å². The molecule has 0 saturated carbocycles. The highest BCUT2D eigenvalue weighted by atomic mass is 35.5. The fourth-order valence-electron chi connectivity index (χ4n) is 2.33. The Morgan fingerprint density at radius 1 is 1.14 bits per heavy atom. The van der Waals surface area contributed by atoms with Gasteiger partial charge >= 0.3 is 5.97 Å². The Balaban J connectivity index is 2.06. The zero-order valence-electron chi connectivity index (χ0n) is 11.8. The molecule has 2 aromatic carbocycles. The first-order valence-electron chi connectivity index (χ1n) is 6.75. The van der Waals surface area contributed by atoms with Crippen LogP contribution in [0, 0.1) is 0 Å². The van der Waals surface area contributed by atoms with Gasteiger partial charge in [0.15, 0.2) is 0 Å². The van der Waals surface area contributed by atoms with Crippen LogP contribution >= 0.6 is 11.6 Å². The third-order valence-electron chi connectivity index (χ3n) is 3.37. The second kappa shape index (κ2) is 7.14. The molecule has 0 aliphatic heterocycles. The number of benzene rings is 2. The van der Waals surface area contributed by atoms with Gasteiger partial charge in [-0.15, -0.1) is 0 Å². The Labute approximate surface area is 129 Å². The van der Waals surface area contributed by atoms with E-state index in [4.69, 9.17) is 16.3 Å². The molecule has 3 nitrogen and oxygen atoms in total. The molecule has 0 aliphatic rings. The third-order valence-corrected chi connectivity index (χ3v) is 3.62. The summed E-state index contributed by atoms with van der Waals surface area (Å²) >= 11 is 5.85. The lowest BCUT2D eigenvalue weighted by Crippen LogP contribution is -2.06. The topological polar surface area (TPSA) is 46.5 Å². The second-order valence-corrected chi connectivity index (χ2v) is 5.22. The Hall–Kier alpha value is -2.00. The Bertz CT molecular complexity index is 620. The van der Waals surface area contributed by atoms with Crippen molar-refractivity contribution in [3.8, 4) is 5.75 Å². The molecule has 0 amide bonds. The van der Waals surface area contributed by atoms with Crippen LogP contribution in [0.25, 0.3) is 0 Å². The lowest BCUT2D eigenvalue weighted by atomic mass is 9.99. The molecule has 0 aromatic heterocycles. The van der Waals surface area contributed by atoms with Crippen molar-refractivity contribution in [1.82, 2.24) is 0 Å². The standard InChI is InChI=1S/C17H17ClO3/c1-21-15-7-3-6-13(16(15)17(19)20)5-2-4-12-8-10-14(18)11-9-12/h3,6-11H,2,4-5H2,1H3,(H,19,20). The van der Waals surface area contributed by atoms with E-state index >= 15 is 0 Å². The fourth-order valence-corrected chi connectivity index (χ4v) is 2.46. The maximum atomic E-state index is 11.4. The van der Waals surface area contributed by atoms with Crippen LogP contribution in [0.1, 0.15) is 27.9 Å². The largest absolute Gasteiger partial charge is 0.496 e. The number of hydrogen-bond donors (Lipinski definition) is 1. The van der Waals surface area contributed by atoms with Gasteiger partial charge in [0.05, 0.1) is 7.11 Å². The van der Waals surface area contributed by atoms with E-state index in [2.05, 4.69) is 0 Å². The van der Waals surface area contributed by atoms with Gasteiger partial charge in [0.1, 0.15) is 11.3 Å². The fraction of sp³-hybridized carbons (Fsp3) is 0.235. The van der Waals surface area contributed by atoms with Crippen LogP contribution < -0.4 is 4.74 Å². The van der Waals surface area contributed by atoms with Crippen molar-refractivity contribution >= 4 is 17.6 Å². The van der Waals surface area contributed by atoms with Crippen molar-refractivity contribution in [2.75, 3.05) is 7.11 Å². The summed E-state index contributed by atoms with van der Waals surface area (Å²) in [6, 6.07) is 13.1. The lowest BCUT2D eigenvalue weighted by molar-refractivity contribution is 0.0692. The number of halogens is 1. The van der Waals surface area contributed by atoms with E-state index in [9.17, 15) is 9.90 Å². The van der Waals surface area contributed by atoms with Crippen LogP contribution in [-0.4, -0.2) is 18.2 Å². The number of rotatable bonds is 6. The molecule has 0 spiro atoms. The third kappa shape index (κ3) is 3.99. The molecule has 0 radical (unpaired) electrons. The average Bonchev–Trinajstić information content (AvgIpc) is 2.48. The zero-order valence-corrected chi connectivity index (χ0v) is 12.6. The molecule has 4 heteroatoms. The molecule has 2 aromatic rings. The predicted octanol–water partition coefficient (Wildman–Crippen LogP) is 4.22. The van der Waals surface area contributed by atoms with Crippen LogP contribution in [0.2, 0.25) is 5.02 Å². The van der Waals surface area contributed by atoms with Crippen molar-refractivity contribution < 1.29 is 14.6 Å². The van der Waals surface area contributed by atoms with Crippen LogP contribution in [0.15, 0.2) is 42.5 Å². The minimum absolute atomic E-state index is 0.260. The normalized spacial score (nSPS) is 10.4. The van der Waals surface area contributed by atoms with Crippen molar-refractivity contribution in [1.29, 1.82) is 0 Å². The Morgan fingerprint density at radius 3 is 2.48 bits per heavy atom. The van der Waals surface area contributed by atoms with Gasteiger partial charge < -0.3 is 9.84 Å². The summed E-state index contributed by atoms with van der Waals surface area (Å²) in [4.78, 5) is 11.4. The number of carboxylic acids is 1. The summed E-state index contributed by atoms with van der Waals surface area (Å²) < 4.78 is 5.13. The maximum Gasteiger partial charge on any atom is 0.339 e. The molecule has 0 atom stereocenters. The SMILES string of the molecule is COc1cccc(CCCc2ccc(Cl)cc2)c1C(=O)O. The highest BCUT2D eigenvalue weighted by Crippen LogP contribution is 2.24. The molecule has 2 rings (SSSR count). The van der Waals surface area contributed by atoms with E-state index in [0.717, 1.165) is 23.4 Å². The second-order valence-electron chi connectivity index (χ2n) is 4.78. The first-order valence-corrected chi connectivity index (χ1v) is 7.13. The smallest absolute Gasteiger partial charge is 0.339 e. The van der Waals surface area contributed by atoms with Crippen LogP contribution in [-0.2, 0) is 12.8 Å². The van der Waals surface area contributed by atoms with Gasteiger partial charge in [0.2, 0.25) is 0 Å². The number of methoxy groups -OCH3 is 1. The molecular weight excluding hydrogens is 288 g/mol. The van der Waals surface area contributed by atoms with Crippen LogP contribution in [0.5, 0.6) is 5.75 Å². The van der Waals surface area contributed by atoms with E-state index < -0.39 is 5.97 Å². The molecule has 21 heavy (non-hydrogen) atoms. The van der Waals surface area contributed by atoms with Gasteiger partial charge in [-0.1, -0.05) is 35.9 Å². The van der Waals surface area contributed by atoms with Crippen molar-refractivity contribution in [3.63, 3.8) is 0 Å². The van der Waals surface area contributed by atoms with Crippen LogP contribution in [0.4, 0.5) is 0 Å². The van der Waals surface area contributed by atoms with E-state index in [-0.39, 0.29) is 5.56 Å². The van der Waals surface area contributed by atoms with Gasteiger partial charge in [0.25, 0.3) is 0 Å². The highest BCUT2D eigenvalue weighted by molar-refractivity contribution is 6.30. The maximum absolute atomic E-state index is 11.4. The summed E-state index contributed by atoms with van der Waals surface area (Å²) in [5, 5.41) is 10.1. The van der Waals surface area contributed by atoms with Gasteiger partial charge in [-0.3, -0.25) is 0 Å². The van der Waals surface area contributed by atoms with Crippen molar-refractivity contribution in [2.45, 2.75) is 19.3 Å². The molecule has 110 valence electrons. The Morgan fingerprint density at radius 2 is 1.86 bits per heavy atom. The molecule has 0 heterocycles. The number of aromatic carboxylic acids is 1. The quantitative estimate of drug-likeness (QED) is 0.869. The summed E-state index contributed by atoms with van der Waals surface area (Å²) in [5.74, 6) is -0.541. The minimum Gasteiger partial charge on any atom is -0.496 e. The van der Waals surface area contributed by atoms with Crippen molar-refractivity contribution in [2.24, 2.45) is 0 Å². The molecule has 0 unspecified atom stereocenters. The number of aryl methyl sites for hydroxylation is 2. The number of hydrogen-bond acceptors (Lipinski definition) is 2.